The molecule has 0 unspecified atom stereocenters. The molecule has 1 aromatic carbocycles. The number of carboxylic acid groups (broad SMARTS) is 1. The largest absolute Gasteiger partial charge is 0.481 e. The summed E-state index contributed by atoms with van der Waals surface area (Å²) in [5, 5.41) is 10.0. The SMILES string of the molecule is O=C(O)C[C@@H]1COCCN1Cc1cc2ccccc2o1. The molecule has 0 amide bonds. The Balaban J connectivity index is 1.75. The van der Waals surface area contributed by atoms with Gasteiger partial charge >= 0.3 is 5.97 Å². The average molecular weight is 275 g/mol. The Labute approximate surface area is 116 Å². The quantitative estimate of drug-likeness (QED) is 0.926. The summed E-state index contributed by atoms with van der Waals surface area (Å²) in [5.74, 6) is 0.0681. The third-order valence-corrected chi connectivity index (χ3v) is 3.60. The fourth-order valence-corrected chi connectivity index (χ4v) is 2.60. The molecule has 1 atom stereocenters. The first-order chi connectivity index (χ1) is 9.72. The molecule has 20 heavy (non-hydrogen) atoms. The van der Waals surface area contributed by atoms with E-state index in [-0.39, 0.29) is 12.5 Å². The van der Waals surface area contributed by atoms with Crippen LogP contribution < -0.4 is 0 Å². The molecule has 1 fully saturated rings. The molecule has 0 bridgehead atoms. The first-order valence-electron chi connectivity index (χ1n) is 6.73. The highest BCUT2D eigenvalue weighted by Gasteiger charge is 2.26. The van der Waals surface area contributed by atoms with E-state index in [0.717, 1.165) is 23.3 Å². The number of furan rings is 1. The standard InChI is InChI=1S/C15H17NO4/c17-15(18)8-12-10-19-6-5-16(12)9-13-7-11-3-1-2-4-14(11)20-13/h1-4,7,12H,5-6,8-10H2,(H,17,18)/t12-/m1/s1. The van der Waals surface area contributed by atoms with Crippen molar-refractivity contribution in [3.63, 3.8) is 0 Å². The van der Waals surface area contributed by atoms with Crippen LogP contribution in [0.25, 0.3) is 11.0 Å². The molecule has 0 saturated carbocycles. The van der Waals surface area contributed by atoms with Gasteiger partial charge in [0.25, 0.3) is 0 Å². The van der Waals surface area contributed by atoms with Gasteiger partial charge in [-0.15, -0.1) is 0 Å². The second-order valence-corrected chi connectivity index (χ2v) is 5.05. The first-order valence-corrected chi connectivity index (χ1v) is 6.73. The van der Waals surface area contributed by atoms with Gasteiger partial charge < -0.3 is 14.3 Å². The highest BCUT2D eigenvalue weighted by molar-refractivity contribution is 5.77. The zero-order valence-corrected chi connectivity index (χ0v) is 11.1. The molecule has 5 heteroatoms. The summed E-state index contributed by atoms with van der Waals surface area (Å²) >= 11 is 0. The Morgan fingerprint density at radius 1 is 1.40 bits per heavy atom. The van der Waals surface area contributed by atoms with E-state index < -0.39 is 5.97 Å². The van der Waals surface area contributed by atoms with Crippen molar-refractivity contribution in [2.45, 2.75) is 19.0 Å². The van der Waals surface area contributed by atoms with Gasteiger partial charge in [0.15, 0.2) is 0 Å². The zero-order chi connectivity index (χ0) is 13.9. The molecule has 1 saturated heterocycles. The summed E-state index contributed by atoms with van der Waals surface area (Å²) in [6.45, 7) is 2.45. The highest BCUT2D eigenvalue weighted by Crippen LogP contribution is 2.22. The first kappa shape index (κ1) is 13.1. The smallest absolute Gasteiger partial charge is 0.305 e. The Hall–Kier alpha value is -1.85. The summed E-state index contributed by atoms with van der Waals surface area (Å²) in [6, 6.07) is 9.79. The number of para-hydroxylation sites is 1. The van der Waals surface area contributed by atoms with E-state index in [4.69, 9.17) is 14.3 Å². The summed E-state index contributed by atoms with van der Waals surface area (Å²) in [5.41, 5.74) is 0.866. The number of fused-ring (bicyclic) bond motifs is 1. The van der Waals surface area contributed by atoms with Gasteiger partial charge in [0.05, 0.1) is 26.2 Å². The van der Waals surface area contributed by atoms with Gasteiger partial charge in [0.1, 0.15) is 11.3 Å². The topological polar surface area (TPSA) is 62.9 Å². The van der Waals surface area contributed by atoms with Gasteiger partial charge in [0, 0.05) is 18.0 Å². The molecule has 1 aliphatic rings. The lowest BCUT2D eigenvalue weighted by molar-refractivity contribution is -0.140. The van der Waals surface area contributed by atoms with Crippen LogP contribution in [0.2, 0.25) is 0 Å². The minimum Gasteiger partial charge on any atom is -0.481 e. The van der Waals surface area contributed by atoms with Crippen molar-refractivity contribution in [2.75, 3.05) is 19.8 Å². The maximum atomic E-state index is 10.9. The van der Waals surface area contributed by atoms with Crippen LogP contribution in [-0.2, 0) is 16.1 Å². The maximum absolute atomic E-state index is 10.9. The number of hydrogen-bond acceptors (Lipinski definition) is 4. The van der Waals surface area contributed by atoms with Crippen LogP contribution >= 0.6 is 0 Å². The Morgan fingerprint density at radius 2 is 2.25 bits per heavy atom. The summed E-state index contributed by atoms with van der Waals surface area (Å²) in [4.78, 5) is 13.0. The number of morpholine rings is 1. The number of carboxylic acids is 1. The number of hydrogen-bond donors (Lipinski definition) is 1. The Bertz CT molecular complexity index is 574. The van der Waals surface area contributed by atoms with Crippen molar-refractivity contribution in [2.24, 2.45) is 0 Å². The van der Waals surface area contributed by atoms with Crippen LogP contribution in [-0.4, -0.2) is 41.8 Å². The molecule has 0 spiro atoms. The van der Waals surface area contributed by atoms with E-state index in [2.05, 4.69) is 4.90 Å². The summed E-state index contributed by atoms with van der Waals surface area (Å²) < 4.78 is 11.2. The van der Waals surface area contributed by atoms with Gasteiger partial charge in [-0.1, -0.05) is 18.2 Å². The van der Waals surface area contributed by atoms with E-state index in [9.17, 15) is 4.79 Å². The van der Waals surface area contributed by atoms with Gasteiger partial charge in [0.2, 0.25) is 0 Å². The lowest BCUT2D eigenvalue weighted by Gasteiger charge is -2.34. The minimum absolute atomic E-state index is 0.0885. The number of aliphatic carboxylic acids is 1. The van der Waals surface area contributed by atoms with Crippen molar-refractivity contribution < 1.29 is 19.1 Å². The average Bonchev–Trinajstić information content (AvgIpc) is 2.82. The second kappa shape index (κ2) is 5.64. The van der Waals surface area contributed by atoms with E-state index in [1.807, 2.05) is 30.3 Å². The van der Waals surface area contributed by atoms with Gasteiger partial charge in [-0.2, -0.15) is 0 Å². The van der Waals surface area contributed by atoms with Crippen LogP contribution in [0.1, 0.15) is 12.2 Å². The molecular weight excluding hydrogens is 258 g/mol. The Kier molecular flexibility index (Phi) is 3.71. The molecule has 2 heterocycles. The van der Waals surface area contributed by atoms with Crippen LogP contribution in [0.5, 0.6) is 0 Å². The number of nitrogens with zero attached hydrogens (tertiary/aromatic N) is 1. The normalized spacial score (nSPS) is 20.3. The molecule has 5 nitrogen and oxygen atoms in total. The molecule has 106 valence electrons. The third-order valence-electron chi connectivity index (χ3n) is 3.60. The molecule has 2 aromatic rings. The third kappa shape index (κ3) is 2.84. The fraction of sp³-hybridized carbons (Fsp3) is 0.400. The van der Waals surface area contributed by atoms with Crippen LogP contribution in [0, 0.1) is 0 Å². The zero-order valence-electron chi connectivity index (χ0n) is 11.1. The van der Waals surface area contributed by atoms with Gasteiger partial charge in [-0.05, 0) is 12.1 Å². The summed E-state index contributed by atoms with van der Waals surface area (Å²) in [7, 11) is 0. The van der Waals surface area contributed by atoms with Crippen molar-refractivity contribution in [3.8, 4) is 0 Å². The molecule has 1 aromatic heterocycles. The summed E-state index contributed by atoms with van der Waals surface area (Å²) in [6.07, 6.45) is 0.0974. The number of benzene rings is 1. The van der Waals surface area contributed by atoms with Crippen LogP contribution in [0.3, 0.4) is 0 Å². The van der Waals surface area contributed by atoms with Gasteiger partial charge in [-0.3, -0.25) is 9.69 Å². The monoisotopic (exact) mass is 275 g/mol. The molecule has 1 aliphatic heterocycles. The van der Waals surface area contributed by atoms with Crippen molar-refractivity contribution >= 4 is 16.9 Å². The maximum Gasteiger partial charge on any atom is 0.305 e. The predicted octanol–water partition coefficient (Wildman–Crippen LogP) is 2.11. The van der Waals surface area contributed by atoms with Crippen molar-refractivity contribution in [1.29, 1.82) is 0 Å². The fourth-order valence-electron chi connectivity index (χ4n) is 2.60. The van der Waals surface area contributed by atoms with Crippen molar-refractivity contribution in [1.82, 2.24) is 4.90 Å². The van der Waals surface area contributed by atoms with Gasteiger partial charge in [-0.25, -0.2) is 0 Å². The van der Waals surface area contributed by atoms with Crippen LogP contribution in [0.15, 0.2) is 34.7 Å². The predicted molar refractivity (Wildman–Crippen MR) is 73.5 cm³/mol. The van der Waals surface area contributed by atoms with E-state index >= 15 is 0 Å². The van der Waals surface area contributed by atoms with E-state index in [1.54, 1.807) is 0 Å². The van der Waals surface area contributed by atoms with E-state index in [1.165, 1.54) is 0 Å². The molecular formula is C15H17NO4. The number of rotatable bonds is 4. The molecule has 0 radical (unpaired) electrons. The molecule has 0 aliphatic carbocycles. The second-order valence-electron chi connectivity index (χ2n) is 5.05. The molecule has 3 rings (SSSR count). The highest BCUT2D eigenvalue weighted by atomic mass is 16.5. The lowest BCUT2D eigenvalue weighted by Crippen LogP contribution is -2.45. The Morgan fingerprint density at radius 3 is 3.05 bits per heavy atom. The van der Waals surface area contributed by atoms with E-state index in [0.29, 0.717) is 19.8 Å². The molecule has 1 N–H and O–H groups in total. The number of ether oxygens (including phenoxy) is 1. The van der Waals surface area contributed by atoms with Crippen molar-refractivity contribution in [3.05, 3.63) is 36.1 Å². The van der Waals surface area contributed by atoms with Crippen LogP contribution in [0.4, 0.5) is 0 Å². The lowest BCUT2D eigenvalue weighted by atomic mass is 10.1. The number of carbonyl (C=O) groups is 1. The minimum atomic E-state index is -0.796.